The van der Waals surface area contributed by atoms with Crippen LogP contribution in [-0.2, 0) is 33.5 Å². The van der Waals surface area contributed by atoms with Crippen LogP contribution in [0.3, 0.4) is 0 Å². The molecule has 230 valence electrons. The van der Waals surface area contributed by atoms with E-state index in [2.05, 4.69) is 10.3 Å². The molecule has 0 aliphatic heterocycles. The number of nitrogens with zero attached hydrogens (tertiary/aromatic N) is 3. The van der Waals surface area contributed by atoms with Gasteiger partial charge in [-0.25, -0.2) is 13.8 Å². The Labute approximate surface area is 252 Å². The molecule has 0 saturated carbocycles. The molecule has 0 radical (unpaired) electrons. The molecular weight excluding hydrogens is 620 g/mol. The van der Waals surface area contributed by atoms with Gasteiger partial charge in [0, 0.05) is 44.3 Å². The summed E-state index contributed by atoms with van der Waals surface area (Å²) in [5.41, 5.74) is 2.02. The highest BCUT2D eigenvalue weighted by molar-refractivity contribution is 6.36. The largest absolute Gasteiger partial charge is 0.487 e. The second kappa shape index (κ2) is 13.2. The van der Waals surface area contributed by atoms with Crippen molar-refractivity contribution in [1.29, 1.82) is 0 Å². The summed E-state index contributed by atoms with van der Waals surface area (Å²) in [6.45, 7) is -2.52. The van der Waals surface area contributed by atoms with Crippen molar-refractivity contribution in [3.63, 3.8) is 0 Å². The van der Waals surface area contributed by atoms with E-state index in [-0.39, 0.29) is 29.3 Å². The van der Waals surface area contributed by atoms with Crippen LogP contribution in [0.1, 0.15) is 37.8 Å². The lowest BCUT2D eigenvalue weighted by Crippen LogP contribution is -2.34. The predicted molar refractivity (Wildman–Crippen MR) is 151 cm³/mol. The third-order valence-corrected chi connectivity index (χ3v) is 7.44. The van der Waals surface area contributed by atoms with E-state index in [1.807, 2.05) is 0 Å². The molecule has 0 unspecified atom stereocenters. The molecule has 0 atom stereocenters. The van der Waals surface area contributed by atoms with Gasteiger partial charge in [-0.1, -0.05) is 29.3 Å². The first-order valence-corrected chi connectivity index (χ1v) is 13.6. The minimum absolute atomic E-state index is 0.153. The molecule has 0 saturated heterocycles. The minimum Gasteiger partial charge on any atom is -0.487 e. The second-order valence-corrected chi connectivity index (χ2v) is 10.4. The highest BCUT2D eigenvalue weighted by Gasteiger charge is 2.29. The number of carbonyl (C=O) groups excluding carboxylic acids is 2. The van der Waals surface area contributed by atoms with Crippen LogP contribution in [0.2, 0.25) is 10.0 Å². The lowest BCUT2D eigenvalue weighted by Gasteiger charge is -2.13. The Morgan fingerprint density at radius 3 is 2.44 bits per heavy atom. The normalized spacial score (nSPS) is 11.8. The van der Waals surface area contributed by atoms with Gasteiger partial charge in [0.1, 0.15) is 30.4 Å². The monoisotopic (exact) mass is 645 g/mol. The summed E-state index contributed by atoms with van der Waals surface area (Å²) in [5, 5.41) is 5.31. The van der Waals surface area contributed by atoms with Gasteiger partial charge in [-0.3, -0.25) is 9.59 Å². The van der Waals surface area contributed by atoms with Gasteiger partial charge in [-0.2, -0.15) is 13.2 Å². The standard InChI is InChI=1S/C28H26Cl2F5N5O3/c1-39-9-3-4-20(39)27(42)36-12-15-5-7-18(29)16(25(15)30)6-8-24-38-19-10-17(26(41)37-14-28(33,34)35)22(43-13-23(31)32)11-21(19)40(24)2/h3-5,7,9-11,23H,6,8,12-14H2,1-2H3,(H,36,42)(H,37,41). The van der Waals surface area contributed by atoms with Gasteiger partial charge < -0.3 is 24.5 Å². The maximum absolute atomic E-state index is 12.8. The average Bonchev–Trinajstić information content (AvgIpc) is 3.51. The molecule has 15 heteroatoms. The maximum atomic E-state index is 12.8. The highest BCUT2D eigenvalue weighted by Crippen LogP contribution is 2.31. The lowest BCUT2D eigenvalue weighted by molar-refractivity contribution is -0.123. The first-order valence-electron chi connectivity index (χ1n) is 12.9. The topological polar surface area (TPSA) is 90.2 Å². The summed E-state index contributed by atoms with van der Waals surface area (Å²) >= 11 is 13.1. The number of benzene rings is 2. The van der Waals surface area contributed by atoms with Crippen molar-refractivity contribution in [2.24, 2.45) is 14.1 Å². The van der Waals surface area contributed by atoms with E-state index < -0.39 is 31.7 Å². The Morgan fingerprint density at radius 2 is 1.79 bits per heavy atom. The molecule has 4 aromatic rings. The zero-order chi connectivity index (χ0) is 31.5. The molecular formula is C28H26Cl2F5N5O3. The van der Waals surface area contributed by atoms with Crippen LogP contribution < -0.4 is 15.4 Å². The zero-order valence-corrected chi connectivity index (χ0v) is 24.4. The Bertz CT molecular complexity index is 1650. The SMILES string of the molecule is Cn1cccc1C(=O)NCc1ccc(Cl)c(CCc2nc3cc(C(=O)NCC(F)(F)F)c(OCC(F)F)cc3n2C)c1Cl. The number of aryl methyl sites for hydroxylation is 3. The van der Waals surface area contributed by atoms with Crippen LogP contribution in [-0.4, -0.2) is 51.7 Å². The van der Waals surface area contributed by atoms with Crippen LogP contribution in [0.4, 0.5) is 22.0 Å². The van der Waals surface area contributed by atoms with Crippen molar-refractivity contribution >= 4 is 46.0 Å². The number of amides is 2. The minimum atomic E-state index is -4.67. The summed E-state index contributed by atoms with van der Waals surface area (Å²) in [4.78, 5) is 29.5. The lowest BCUT2D eigenvalue weighted by atomic mass is 10.1. The van der Waals surface area contributed by atoms with E-state index in [4.69, 9.17) is 27.9 Å². The van der Waals surface area contributed by atoms with Gasteiger partial charge in [0.15, 0.2) is 0 Å². The molecule has 2 N–H and O–H groups in total. The summed E-state index contributed by atoms with van der Waals surface area (Å²) in [5.74, 6) is -1.23. The smallest absolute Gasteiger partial charge is 0.405 e. The van der Waals surface area contributed by atoms with E-state index in [0.29, 0.717) is 51.0 Å². The van der Waals surface area contributed by atoms with Gasteiger partial charge in [0.05, 0.1) is 21.6 Å². The van der Waals surface area contributed by atoms with Crippen LogP contribution in [0.5, 0.6) is 5.75 Å². The molecule has 2 heterocycles. The van der Waals surface area contributed by atoms with E-state index in [1.54, 1.807) is 59.0 Å². The molecule has 2 aromatic heterocycles. The highest BCUT2D eigenvalue weighted by atomic mass is 35.5. The number of aromatic nitrogens is 3. The number of fused-ring (bicyclic) bond motifs is 1. The van der Waals surface area contributed by atoms with Crippen molar-refractivity contribution in [1.82, 2.24) is 24.8 Å². The molecule has 2 amide bonds. The molecule has 8 nitrogen and oxygen atoms in total. The van der Waals surface area contributed by atoms with E-state index >= 15 is 0 Å². The summed E-state index contributed by atoms with van der Waals surface area (Å²) in [6, 6.07) is 9.30. The van der Waals surface area contributed by atoms with Crippen LogP contribution in [0, 0.1) is 0 Å². The number of nitrogens with one attached hydrogen (secondary N) is 2. The number of imidazole rings is 1. The van der Waals surface area contributed by atoms with E-state index in [1.165, 1.54) is 12.1 Å². The number of hydrogen-bond donors (Lipinski definition) is 2. The number of alkyl halides is 5. The number of halogens is 7. The second-order valence-electron chi connectivity index (χ2n) is 9.61. The fourth-order valence-corrected chi connectivity index (χ4v) is 5.06. The molecule has 43 heavy (non-hydrogen) atoms. The number of rotatable bonds is 11. The Kier molecular flexibility index (Phi) is 9.86. The summed E-state index contributed by atoms with van der Waals surface area (Å²) in [7, 11) is 3.41. The van der Waals surface area contributed by atoms with Crippen molar-refractivity contribution in [2.45, 2.75) is 32.0 Å². The summed E-state index contributed by atoms with van der Waals surface area (Å²) < 4.78 is 72.1. The van der Waals surface area contributed by atoms with Crippen molar-refractivity contribution in [3.8, 4) is 5.75 Å². The van der Waals surface area contributed by atoms with Crippen molar-refractivity contribution < 1.29 is 36.3 Å². The van der Waals surface area contributed by atoms with Gasteiger partial charge in [0.25, 0.3) is 18.2 Å². The first-order chi connectivity index (χ1) is 20.2. The van der Waals surface area contributed by atoms with Crippen molar-refractivity contribution in [2.75, 3.05) is 13.2 Å². The Hall–Kier alpha value is -3.84. The Balaban J connectivity index is 1.56. The number of hydrogen-bond acceptors (Lipinski definition) is 4. The summed E-state index contributed by atoms with van der Waals surface area (Å²) in [6.07, 6.45) is -5.17. The molecule has 0 aliphatic carbocycles. The third kappa shape index (κ3) is 7.77. The van der Waals surface area contributed by atoms with E-state index in [9.17, 15) is 31.5 Å². The number of carbonyl (C=O) groups is 2. The first kappa shape index (κ1) is 32.1. The van der Waals surface area contributed by atoms with Crippen LogP contribution in [0.15, 0.2) is 42.6 Å². The Morgan fingerprint density at radius 1 is 1.05 bits per heavy atom. The van der Waals surface area contributed by atoms with Gasteiger partial charge in [-0.15, -0.1) is 0 Å². The third-order valence-electron chi connectivity index (χ3n) is 6.61. The van der Waals surface area contributed by atoms with Crippen LogP contribution >= 0.6 is 23.2 Å². The fraction of sp³-hybridized carbons (Fsp3) is 0.321. The molecule has 0 fully saturated rings. The van der Waals surface area contributed by atoms with Gasteiger partial charge in [-0.05, 0) is 41.8 Å². The molecule has 2 aromatic carbocycles. The maximum Gasteiger partial charge on any atom is 0.405 e. The molecule has 0 spiro atoms. The molecule has 4 rings (SSSR count). The number of ether oxygens (including phenoxy) is 1. The van der Waals surface area contributed by atoms with Crippen LogP contribution in [0.25, 0.3) is 11.0 Å². The average molecular weight is 646 g/mol. The zero-order valence-electron chi connectivity index (χ0n) is 22.9. The van der Waals surface area contributed by atoms with E-state index in [0.717, 1.165) is 0 Å². The molecule has 0 bridgehead atoms. The fourth-order valence-electron chi connectivity index (χ4n) is 4.43. The predicted octanol–water partition coefficient (Wildman–Crippen LogP) is 5.87. The van der Waals surface area contributed by atoms with Crippen molar-refractivity contribution in [3.05, 3.63) is 80.8 Å². The quantitative estimate of drug-likeness (QED) is 0.200. The molecule has 0 aliphatic rings. The van der Waals surface area contributed by atoms with Gasteiger partial charge in [0.2, 0.25) is 0 Å². The van der Waals surface area contributed by atoms with Gasteiger partial charge >= 0.3 is 6.18 Å².